The first-order chi connectivity index (χ1) is 8.16. The van der Waals surface area contributed by atoms with E-state index in [9.17, 15) is 0 Å². The molecule has 4 heteroatoms. The number of aryl methyl sites for hydroxylation is 1. The third kappa shape index (κ3) is 2.85. The molecule has 17 heavy (non-hydrogen) atoms. The molecule has 0 unspecified atom stereocenters. The molecule has 0 aliphatic heterocycles. The maximum atomic E-state index is 5.89. The zero-order valence-corrected chi connectivity index (χ0v) is 10.1. The SMILES string of the molecule is C[C@@H](N)c1ccccc1OCc1ccn(C)n1. The normalized spacial score (nSPS) is 12.4. The third-order valence-electron chi connectivity index (χ3n) is 2.55. The molecule has 1 atom stereocenters. The maximum Gasteiger partial charge on any atom is 0.132 e. The smallest absolute Gasteiger partial charge is 0.132 e. The number of rotatable bonds is 4. The molecule has 0 aliphatic rings. The van der Waals surface area contributed by atoms with Crippen LogP contribution in [0.2, 0.25) is 0 Å². The lowest BCUT2D eigenvalue weighted by molar-refractivity contribution is 0.295. The van der Waals surface area contributed by atoms with Crippen LogP contribution in [-0.4, -0.2) is 9.78 Å². The molecule has 0 aliphatic carbocycles. The summed E-state index contributed by atoms with van der Waals surface area (Å²) in [6, 6.07) is 9.73. The van der Waals surface area contributed by atoms with E-state index in [-0.39, 0.29) is 6.04 Å². The van der Waals surface area contributed by atoms with Gasteiger partial charge in [-0.05, 0) is 19.1 Å². The monoisotopic (exact) mass is 231 g/mol. The van der Waals surface area contributed by atoms with Gasteiger partial charge in [0.2, 0.25) is 0 Å². The highest BCUT2D eigenvalue weighted by Gasteiger charge is 2.07. The minimum atomic E-state index is -0.0325. The molecule has 1 aromatic heterocycles. The molecule has 0 spiro atoms. The Balaban J connectivity index is 2.08. The second kappa shape index (κ2) is 5.01. The van der Waals surface area contributed by atoms with Crippen LogP contribution in [0.4, 0.5) is 0 Å². The van der Waals surface area contributed by atoms with Crippen LogP contribution in [0.1, 0.15) is 24.2 Å². The first-order valence-electron chi connectivity index (χ1n) is 5.62. The summed E-state index contributed by atoms with van der Waals surface area (Å²) in [6.45, 7) is 2.41. The molecule has 2 N–H and O–H groups in total. The lowest BCUT2D eigenvalue weighted by atomic mass is 10.1. The topological polar surface area (TPSA) is 53.1 Å². The Bertz CT molecular complexity index is 491. The first-order valence-corrected chi connectivity index (χ1v) is 5.62. The van der Waals surface area contributed by atoms with Crippen LogP contribution in [0.3, 0.4) is 0 Å². The summed E-state index contributed by atoms with van der Waals surface area (Å²) in [5.74, 6) is 0.827. The number of nitrogens with two attached hydrogens (primary N) is 1. The fourth-order valence-corrected chi connectivity index (χ4v) is 1.68. The standard InChI is InChI=1S/C13H17N3O/c1-10(14)12-5-3-4-6-13(12)17-9-11-7-8-16(2)15-11/h3-8,10H,9,14H2,1-2H3/t10-/m1/s1. The van der Waals surface area contributed by atoms with Gasteiger partial charge in [0.05, 0.1) is 5.69 Å². The Morgan fingerprint density at radius 2 is 2.12 bits per heavy atom. The molecule has 0 saturated heterocycles. The molecule has 0 saturated carbocycles. The van der Waals surface area contributed by atoms with Crippen molar-refractivity contribution in [1.82, 2.24) is 9.78 Å². The van der Waals surface area contributed by atoms with Crippen LogP contribution in [0, 0.1) is 0 Å². The van der Waals surface area contributed by atoms with Gasteiger partial charge in [-0.15, -0.1) is 0 Å². The molecule has 4 nitrogen and oxygen atoms in total. The van der Waals surface area contributed by atoms with Gasteiger partial charge in [-0.1, -0.05) is 18.2 Å². The second-order valence-corrected chi connectivity index (χ2v) is 4.10. The summed E-state index contributed by atoms with van der Waals surface area (Å²) in [6.07, 6.45) is 1.90. The average Bonchev–Trinajstić information content (AvgIpc) is 2.73. The molecule has 2 rings (SSSR count). The summed E-state index contributed by atoms with van der Waals surface area (Å²) in [5.41, 5.74) is 7.81. The fraction of sp³-hybridized carbons (Fsp3) is 0.308. The van der Waals surface area contributed by atoms with Crippen molar-refractivity contribution in [2.24, 2.45) is 12.8 Å². The number of ether oxygens (including phenoxy) is 1. The van der Waals surface area contributed by atoms with Crippen LogP contribution < -0.4 is 10.5 Å². The highest BCUT2D eigenvalue weighted by atomic mass is 16.5. The molecule has 90 valence electrons. The van der Waals surface area contributed by atoms with Crippen molar-refractivity contribution in [3.8, 4) is 5.75 Å². The van der Waals surface area contributed by atoms with Crippen LogP contribution >= 0.6 is 0 Å². The predicted octanol–water partition coefficient (Wildman–Crippen LogP) is 2.02. The Hall–Kier alpha value is -1.81. The van der Waals surface area contributed by atoms with Crippen LogP contribution in [-0.2, 0) is 13.7 Å². The summed E-state index contributed by atoms with van der Waals surface area (Å²) < 4.78 is 7.50. The van der Waals surface area contributed by atoms with E-state index in [2.05, 4.69) is 5.10 Å². The van der Waals surface area contributed by atoms with Gasteiger partial charge >= 0.3 is 0 Å². The second-order valence-electron chi connectivity index (χ2n) is 4.10. The molecular weight excluding hydrogens is 214 g/mol. The third-order valence-corrected chi connectivity index (χ3v) is 2.55. The Labute approximate surface area is 101 Å². The Morgan fingerprint density at radius 1 is 1.35 bits per heavy atom. The molecule has 0 bridgehead atoms. The van der Waals surface area contributed by atoms with E-state index in [0.717, 1.165) is 17.0 Å². The number of hydrogen-bond acceptors (Lipinski definition) is 3. The van der Waals surface area contributed by atoms with Crippen molar-refractivity contribution in [3.05, 3.63) is 47.8 Å². The van der Waals surface area contributed by atoms with Gasteiger partial charge in [0.1, 0.15) is 12.4 Å². The summed E-state index contributed by atoms with van der Waals surface area (Å²) in [5, 5.41) is 4.26. The van der Waals surface area contributed by atoms with Crippen molar-refractivity contribution in [3.63, 3.8) is 0 Å². The van der Waals surface area contributed by atoms with Crippen molar-refractivity contribution < 1.29 is 4.74 Å². The maximum absolute atomic E-state index is 5.89. The van der Waals surface area contributed by atoms with Gasteiger partial charge in [0.25, 0.3) is 0 Å². The number of aromatic nitrogens is 2. The highest BCUT2D eigenvalue weighted by Crippen LogP contribution is 2.23. The van der Waals surface area contributed by atoms with E-state index in [0.29, 0.717) is 6.61 Å². The number of para-hydroxylation sites is 1. The zero-order valence-electron chi connectivity index (χ0n) is 10.1. The van der Waals surface area contributed by atoms with Gasteiger partial charge in [-0.2, -0.15) is 5.10 Å². The molecule has 2 aromatic rings. The van der Waals surface area contributed by atoms with Crippen LogP contribution in [0.5, 0.6) is 5.75 Å². The molecule has 0 amide bonds. The summed E-state index contributed by atoms with van der Waals surface area (Å²) >= 11 is 0. The molecule has 1 aromatic carbocycles. The largest absolute Gasteiger partial charge is 0.487 e. The minimum Gasteiger partial charge on any atom is -0.487 e. The number of benzene rings is 1. The van der Waals surface area contributed by atoms with Gasteiger partial charge in [0.15, 0.2) is 0 Å². The molecule has 0 fully saturated rings. The van der Waals surface area contributed by atoms with E-state index in [1.807, 2.05) is 50.5 Å². The molecule has 0 radical (unpaired) electrons. The van der Waals surface area contributed by atoms with Gasteiger partial charge in [-0.25, -0.2) is 0 Å². The average molecular weight is 231 g/mol. The minimum absolute atomic E-state index is 0.0325. The van der Waals surface area contributed by atoms with E-state index in [1.54, 1.807) is 4.68 Å². The zero-order chi connectivity index (χ0) is 12.3. The van der Waals surface area contributed by atoms with Crippen LogP contribution in [0.15, 0.2) is 36.5 Å². The lowest BCUT2D eigenvalue weighted by Crippen LogP contribution is -2.08. The number of hydrogen-bond donors (Lipinski definition) is 1. The Kier molecular flexibility index (Phi) is 3.44. The highest BCUT2D eigenvalue weighted by molar-refractivity contribution is 5.35. The van der Waals surface area contributed by atoms with Gasteiger partial charge < -0.3 is 10.5 Å². The van der Waals surface area contributed by atoms with Crippen molar-refractivity contribution in [1.29, 1.82) is 0 Å². The van der Waals surface area contributed by atoms with E-state index >= 15 is 0 Å². The quantitative estimate of drug-likeness (QED) is 0.875. The number of nitrogens with zero attached hydrogens (tertiary/aromatic N) is 2. The van der Waals surface area contributed by atoms with Crippen molar-refractivity contribution in [2.75, 3.05) is 0 Å². The van der Waals surface area contributed by atoms with E-state index in [4.69, 9.17) is 10.5 Å². The Morgan fingerprint density at radius 3 is 2.76 bits per heavy atom. The van der Waals surface area contributed by atoms with E-state index < -0.39 is 0 Å². The first kappa shape index (κ1) is 11.7. The van der Waals surface area contributed by atoms with Crippen molar-refractivity contribution in [2.45, 2.75) is 19.6 Å². The van der Waals surface area contributed by atoms with Crippen LogP contribution in [0.25, 0.3) is 0 Å². The summed E-state index contributed by atoms with van der Waals surface area (Å²) in [7, 11) is 1.89. The molecule has 1 heterocycles. The fourth-order valence-electron chi connectivity index (χ4n) is 1.68. The lowest BCUT2D eigenvalue weighted by Gasteiger charge is -2.12. The summed E-state index contributed by atoms with van der Waals surface area (Å²) in [4.78, 5) is 0. The molecular formula is C13H17N3O. The van der Waals surface area contributed by atoms with Gasteiger partial charge in [0, 0.05) is 24.8 Å². The van der Waals surface area contributed by atoms with Gasteiger partial charge in [-0.3, -0.25) is 4.68 Å². The van der Waals surface area contributed by atoms with E-state index in [1.165, 1.54) is 0 Å². The van der Waals surface area contributed by atoms with Crippen molar-refractivity contribution >= 4 is 0 Å². The predicted molar refractivity (Wildman–Crippen MR) is 66.6 cm³/mol.